The number of thiazole rings is 1. The van der Waals surface area contributed by atoms with Crippen LogP contribution in [0, 0.1) is 20.8 Å². The lowest BCUT2D eigenvalue weighted by atomic mass is 10.1. The molecule has 2 rings (SSSR count). The van der Waals surface area contributed by atoms with Gasteiger partial charge in [-0.25, -0.2) is 4.98 Å². The third-order valence-corrected chi connectivity index (χ3v) is 4.76. The SMILES string of the molecule is CCN(Cc1sc(C)nc1C)CC(O)c1ccc(C)cc1. The maximum atomic E-state index is 10.4. The van der Waals surface area contributed by atoms with Gasteiger partial charge in [0.25, 0.3) is 0 Å². The smallest absolute Gasteiger partial charge is 0.0917 e. The molecule has 1 heterocycles. The van der Waals surface area contributed by atoms with Crippen LogP contribution in [0.15, 0.2) is 24.3 Å². The van der Waals surface area contributed by atoms with E-state index in [0.717, 1.165) is 29.4 Å². The van der Waals surface area contributed by atoms with E-state index in [1.807, 2.05) is 31.2 Å². The van der Waals surface area contributed by atoms with Crippen molar-refractivity contribution in [1.82, 2.24) is 9.88 Å². The molecule has 2 aromatic rings. The molecule has 0 amide bonds. The molecule has 3 nitrogen and oxygen atoms in total. The summed E-state index contributed by atoms with van der Waals surface area (Å²) in [6.45, 7) is 10.7. The van der Waals surface area contributed by atoms with Crippen LogP contribution in [-0.4, -0.2) is 28.1 Å². The molecule has 1 atom stereocenters. The summed E-state index contributed by atoms with van der Waals surface area (Å²) in [6.07, 6.45) is -0.445. The van der Waals surface area contributed by atoms with Gasteiger partial charge in [-0.05, 0) is 32.9 Å². The van der Waals surface area contributed by atoms with Crippen LogP contribution in [0.4, 0.5) is 0 Å². The Balaban J connectivity index is 2.01. The lowest BCUT2D eigenvalue weighted by Crippen LogP contribution is -2.28. The van der Waals surface area contributed by atoms with Crippen molar-refractivity contribution in [2.45, 2.75) is 40.3 Å². The van der Waals surface area contributed by atoms with Crippen LogP contribution in [0.3, 0.4) is 0 Å². The van der Waals surface area contributed by atoms with Crippen molar-refractivity contribution in [1.29, 1.82) is 0 Å². The second kappa shape index (κ2) is 7.16. The highest BCUT2D eigenvalue weighted by Gasteiger charge is 2.15. The molecule has 0 saturated heterocycles. The minimum Gasteiger partial charge on any atom is -0.387 e. The van der Waals surface area contributed by atoms with E-state index < -0.39 is 6.10 Å². The molecule has 0 spiro atoms. The molecular formula is C17H24N2OS. The van der Waals surface area contributed by atoms with Crippen LogP contribution in [0.25, 0.3) is 0 Å². The molecular weight excluding hydrogens is 280 g/mol. The molecule has 1 aromatic heterocycles. The van der Waals surface area contributed by atoms with Gasteiger partial charge in [0, 0.05) is 18.0 Å². The molecule has 0 aliphatic carbocycles. The number of aromatic nitrogens is 1. The first-order chi connectivity index (χ1) is 9.99. The van der Waals surface area contributed by atoms with E-state index in [4.69, 9.17) is 0 Å². The third kappa shape index (κ3) is 4.37. The van der Waals surface area contributed by atoms with Crippen LogP contribution in [0.5, 0.6) is 0 Å². The molecule has 1 aromatic carbocycles. The Morgan fingerprint density at radius 1 is 1.19 bits per heavy atom. The minimum absolute atomic E-state index is 0.445. The predicted octanol–water partition coefficient (Wildman–Crippen LogP) is 3.62. The van der Waals surface area contributed by atoms with Gasteiger partial charge in [-0.15, -0.1) is 11.3 Å². The number of aliphatic hydroxyl groups excluding tert-OH is 1. The number of benzene rings is 1. The number of rotatable bonds is 6. The first kappa shape index (κ1) is 16.1. The van der Waals surface area contributed by atoms with E-state index in [1.165, 1.54) is 10.4 Å². The predicted molar refractivity (Wildman–Crippen MR) is 88.7 cm³/mol. The Bertz CT molecular complexity index is 577. The quantitative estimate of drug-likeness (QED) is 0.885. The topological polar surface area (TPSA) is 36.4 Å². The Kier molecular flexibility index (Phi) is 5.51. The fourth-order valence-electron chi connectivity index (χ4n) is 2.37. The summed E-state index contributed by atoms with van der Waals surface area (Å²) >= 11 is 1.75. The van der Waals surface area contributed by atoms with E-state index in [1.54, 1.807) is 11.3 Å². The summed E-state index contributed by atoms with van der Waals surface area (Å²) in [7, 11) is 0. The molecule has 0 bridgehead atoms. The molecule has 0 saturated carbocycles. The Hall–Kier alpha value is -1.23. The van der Waals surface area contributed by atoms with Gasteiger partial charge < -0.3 is 5.11 Å². The summed E-state index contributed by atoms with van der Waals surface area (Å²) in [5.41, 5.74) is 3.31. The highest BCUT2D eigenvalue weighted by molar-refractivity contribution is 7.11. The van der Waals surface area contributed by atoms with Gasteiger partial charge in [0.1, 0.15) is 0 Å². The summed E-state index contributed by atoms with van der Waals surface area (Å²) < 4.78 is 0. The normalized spacial score (nSPS) is 12.9. The highest BCUT2D eigenvalue weighted by Crippen LogP contribution is 2.21. The molecule has 1 unspecified atom stereocenters. The highest BCUT2D eigenvalue weighted by atomic mass is 32.1. The summed E-state index contributed by atoms with van der Waals surface area (Å²) in [5.74, 6) is 0. The van der Waals surface area contributed by atoms with Crippen molar-refractivity contribution in [2.75, 3.05) is 13.1 Å². The van der Waals surface area contributed by atoms with Crippen molar-refractivity contribution in [3.8, 4) is 0 Å². The second-order valence-corrected chi connectivity index (χ2v) is 6.78. The minimum atomic E-state index is -0.445. The van der Waals surface area contributed by atoms with Gasteiger partial charge in [-0.2, -0.15) is 0 Å². The van der Waals surface area contributed by atoms with Crippen molar-refractivity contribution >= 4 is 11.3 Å². The van der Waals surface area contributed by atoms with Crippen molar-refractivity contribution in [2.24, 2.45) is 0 Å². The van der Waals surface area contributed by atoms with Gasteiger partial charge >= 0.3 is 0 Å². The fourth-order valence-corrected chi connectivity index (χ4v) is 3.35. The first-order valence-electron chi connectivity index (χ1n) is 7.39. The Labute approximate surface area is 131 Å². The van der Waals surface area contributed by atoms with Gasteiger partial charge in [0.05, 0.1) is 16.8 Å². The lowest BCUT2D eigenvalue weighted by molar-refractivity contribution is 0.113. The van der Waals surface area contributed by atoms with E-state index in [2.05, 4.69) is 30.7 Å². The average Bonchev–Trinajstić information content (AvgIpc) is 2.76. The van der Waals surface area contributed by atoms with Crippen LogP contribution < -0.4 is 0 Å². The number of aliphatic hydroxyl groups is 1. The van der Waals surface area contributed by atoms with E-state index in [9.17, 15) is 5.11 Å². The average molecular weight is 304 g/mol. The van der Waals surface area contributed by atoms with Gasteiger partial charge in [0.2, 0.25) is 0 Å². The van der Waals surface area contributed by atoms with Crippen LogP contribution in [0.2, 0.25) is 0 Å². The van der Waals surface area contributed by atoms with Crippen molar-refractivity contribution in [3.63, 3.8) is 0 Å². The number of hydrogen-bond donors (Lipinski definition) is 1. The maximum Gasteiger partial charge on any atom is 0.0917 e. The van der Waals surface area contributed by atoms with E-state index >= 15 is 0 Å². The summed E-state index contributed by atoms with van der Waals surface area (Å²) in [5, 5.41) is 11.5. The monoisotopic (exact) mass is 304 g/mol. The van der Waals surface area contributed by atoms with Gasteiger partial charge in [-0.1, -0.05) is 36.8 Å². The lowest BCUT2D eigenvalue weighted by Gasteiger charge is -2.23. The molecule has 0 radical (unpaired) electrons. The van der Waals surface area contributed by atoms with Crippen LogP contribution in [-0.2, 0) is 6.54 Å². The number of likely N-dealkylation sites (N-methyl/N-ethyl adjacent to an activating group) is 1. The maximum absolute atomic E-state index is 10.4. The van der Waals surface area contributed by atoms with Crippen LogP contribution >= 0.6 is 11.3 Å². The molecule has 4 heteroatoms. The molecule has 0 fully saturated rings. The largest absolute Gasteiger partial charge is 0.387 e. The summed E-state index contributed by atoms with van der Waals surface area (Å²) in [4.78, 5) is 8.04. The molecule has 1 N–H and O–H groups in total. The van der Waals surface area contributed by atoms with Crippen molar-refractivity contribution < 1.29 is 5.11 Å². The van der Waals surface area contributed by atoms with Gasteiger partial charge in [0.15, 0.2) is 0 Å². The van der Waals surface area contributed by atoms with Crippen molar-refractivity contribution in [3.05, 3.63) is 51.0 Å². The molecule has 0 aliphatic heterocycles. The number of aryl methyl sites for hydroxylation is 3. The Morgan fingerprint density at radius 3 is 2.38 bits per heavy atom. The molecule has 114 valence electrons. The van der Waals surface area contributed by atoms with Gasteiger partial charge in [-0.3, -0.25) is 4.90 Å². The first-order valence-corrected chi connectivity index (χ1v) is 8.21. The second-order valence-electron chi connectivity index (χ2n) is 5.50. The molecule has 21 heavy (non-hydrogen) atoms. The molecule has 0 aliphatic rings. The zero-order valence-corrected chi connectivity index (χ0v) is 14.1. The number of hydrogen-bond acceptors (Lipinski definition) is 4. The zero-order valence-electron chi connectivity index (χ0n) is 13.3. The van der Waals surface area contributed by atoms with E-state index in [-0.39, 0.29) is 0 Å². The van der Waals surface area contributed by atoms with Crippen LogP contribution in [0.1, 0.15) is 39.7 Å². The standard InChI is InChI=1S/C17H24N2OS/c1-5-19(11-17-13(3)18-14(4)21-17)10-16(20)15-8-6-12(2)7-9-15/h6-9,16,20H,5,10-11H2,1-4H3. The zero-order chi connectivity index (χ0) is 15.4. The fraction of sp³-hybridized carbons (Fsp3) is 0.471. The number of nitrogens with zero attached hydrogens (tertiary/aromatic N) is 2. The Morgan fingerprint density at radius 2 is 1.86 bits per heavy atom. The third-order valence-electron chi connectivity index (χ3n) is 3.71. The van der Waals surface area contributed by atoms with E-state index in [0.29, 0.717) is 6.54 Å². The summed E-state index contributed by atoms with van der Waals surface area (Å²) in [6, 6.07) is 8.11.